The Labute approximate surface area is 196 Å². The summed E-state index contributed by atoms with van der Waals surface area (Å²) in [6, 6.07) is 7.81. The molecule has 1 aliphatic heterocycles. The van der Waals surface area contributed by atoms with Gasteiger partial charge >= 0.3 is 15.5 Å². The van der Waals surface area contributed by atoms with E-state index in [1.165, 1.54) is 0 Å². The van der Waals surface area contributed by atoms with Crippen LogP contribution in [0.2, 0.25) is 0 Å². The van der Waals surface area contributed by atoms with E-state index in [1.54, 1.807) is 7.05 Å². The minimum atomic E-state index is -5.25. The number of aliphatic imine (C=N–C) groups is 1. The van der Waals surface area contributed by atoms with Gasteiger partial charge in [0.05, 0.1) is 17.6 Å². The number of nitrogens with one attached hydrogen (secondary N) is 2. The third-order valence-electron chi connectivity index (χ3n) is 5.28. The summed E-state index contributed by atoms with van der Waals surface area (Å²) >= 11 is 0. The molecule has 2 aromatic rings. The Morgan fingerprint density at radius 1 is 1.23 bits per heavy atom. The van der Waals surface area contributed by atoms with Crippen LogP contribution in [0.3, 0.4) is 0 Å². The largest absolute Gasteiger partial charge is 0.511 e. The summed E-state index contributed by atoms with van der Waals surface area (Å²) in [7, 11) is -1.68. The number of hydrogen-bond acceptors (Lipinski definition) is 4. The molecular formula is C18H26F3IN6O2S. The zero-order chi connectivity index (χ0) is 21.9. The molecule has 0 atom stereocenters. The Hall–Kier alpha value is -1.61. The van der Waals surface area contributed by atoms with Gasteiger partial charge in [-0.3, -0.25) is 4.99 Å². The van der Waals surface area contributed by atoms with Crippen LogP contribution in [-0.4, -0.2) is 60.4 Å². The van der Waals surface area contributed by atoms with E-state index in [0.29, 0.717) is 36.2 Å². The molecule has 1 fully saturated rings. The highest BCUT2D eigenvalue weighted by molar-refractivity contribution is 14.0. The number of aromatic nitrogens is 2. The number of imidazole rings is 1. The predicted molar refractivity (Wildman–Crippen MR) is 124 cm³/mol. The summed E-state index contributed by atoms with van der Waals surface area (Å²) in [5.74, 6) is 1.44. The molecule has 2 heterocycles. The Kier molecular flexibility index (Phi) is 8.55. The first-order chi connectivity index (χ1) is 14.1. The van der Waals surface area contributed by atoms with Crippen molar-refractivity contribution in [2.75, 3.05) is 26.7 Å². The first-order valence-corrected chi connectivity index (χ1v) is 11.0. The number of halogens is 4. The molecule has 1 aromatic heterocycles. The lowest BCUT2D eigenvalue weighted by atomic mass is 9.98. The molecule has 0 saturated carbocycles. The Balaban J connectivity index is 0.00000341. The summed E-state index contributed by atoms with van der Waals surface area (Å²) < 4.78 is 63.5. The highest BCUT2D eigenvalue weighted by atomic mass is 127. The van der Waals surface area contributed by atoms with Gasteiger partial charge in [0.2, 0.25) is 0 Å². The molecule has 1 aliphatic rings. The summed E-state index contributed by atoms with van der Waals surface area (Å²) in [6.45, 7) is 0.662. The van der Waals surface area contributed by atoms with Crippen molar-refractivity contribution in [2.45, 2.75) is 24.9 Å². The maximum atomic E-state index is 12.7. The molecule has 0 aliphatic carbocycles. The number of para-hydroxylation sites is 2. The SMILES string of the molecule is CN=C(NCc1nc2ccccc2n1C)NCC1CCN(S(=O)(=O)C(F)(F)F)CC1.I. The maximum Gasteiger partial charge on any atom is 0.511 e. The van der Waals surface area contributed by atoms with Gasteiger partial charge in [0.15, 0.2) is 5.96 Å². The van der Waals surface area contributed by atoms with Crippen molar-refractivity contribution in [3.8, 4) is 0 Å². The smallest absolute Gasteiger partial charge is 0.356 e. The van der Waals surface area contributed by atoms with E-state index in [4.69, 9.17) is 0 Å². The Morgan fingerprint density at radius 3 is 2.45 bits per heavy atom. The lowest BCUT2D eigenvalue weighted by Crippen LogP contribution is -2.47. The van der Waals surface area contributed by atoms with E-state index in [1.807, 2.05) is 35.9 Å². The van der Waals surface area contributed by atoms with E-state index in [-0.39, 0.29) is 43.0 Å². The number of rotatable bonds is 5. The van der Waals surface area contributed by atoms with Crippen molar-refractivity contribution in [1.29, 1.82) is 0 Å². The molecule has 0 spiro atoms. The molecule has 1 saturated heterocycles. The zero-order valence-electron chi connectivity index (χ0n) is 17.2. The van der Waals surface area contributed by atoms with Gasteiger partial charge in [-0.2, -0.15) is 17.5 Å². The maximum absolute atomic E-state index is 12.7. The van der Waals surface area contributed by atoms with Crippen molar-refractivity contribution in [1.82, 2.24) is 24.5 Å². The van der Waals surface area contributed by atoms with Crippen LogP contribution < -0.4 is 10.6 Å². The number of aryl methyl sites for hydroxylation is 1. The zero-order valence-corrected chi connectivity index (χ0v) is 20.3. The Bertz CT molecular complexity index is 1020. The molecule has 0 bridgehead atoms. The van der Waals surface area contributed by atoms with Gasteiger partial charge in [-0.15, -0.1) is 24.0 Å². The number of nitrogens with zero attached hydrogens (tertiary/aromatic N) is 4. The van der Waals surface area contributed by atoms with Crippen LogP contribution in [0.25, 0.3) is 11.0 Å². The van der Waals surface area contributed by atoms with Crippen molar-refractivity contribution >= 4 is 51.0 Å². The standard InChI is InChI=1S/C18H25F3N6O2S.HI/c1-22-17(24-12-16-25-14-5-3-4-6-15(14)26(16)2)23-11-13-7-9-27(10-8-13)30(28,29)18(19,20)21;/h3-6,13H,7-12H2,1-2H3,(H2,22,23,24);1H. The minimum Gasteiger partial charge on any atom is -0.356 e. The van der Waals surface area contributed by atoms with E-state index >= 15 is 0 Å². The van der Waals surface area contributed by atoms with Crippen LogP contribution in [0.1, 0.15) is 18.7 Å². The number of piperidine rings is 1. The first-order valence-electron chi connectivity index (χ1n) is 9.54. The number of hydrogen-bond donors (Lipinski definition) is 2. The first kappa shape index (κ1) is 25.6. The van der Waals surface area contributed by atoms with Crippen molar-refractivity contribution in [3.63, 3.8) is 0 Å². The number of guanidine groups is 1. The van der Waals surface area contributed by atoms with E-state index < -0.39 is 15.5 Å². The van der Waals surface area contributed by atoms with E-state index in [2.05, 4.69) is 20.6 Å². The van der Waals surface area contributed by atoms with Crippen LogP contribution in [0, 0.1) is 5.92 Å². The van der Waals surface area contributed by atoms with Crippen LogP contribution in [0.5, 0.6) is 0 Å². The highest BCUT2D eigenvalue weighted by Crippen LogP contribution is 2.30. The third kappa shape index (κ3) is 5.80. The van der Waals surface area contributed by atoms with Crippen molar-refractivity contribution in [2.24, 2.45) is 18.0 Å². The molecule has 8 nitrogen and oxygen atoms in total. The number of fused-ring (bicyclic) bond motifs is 1. The predicted octanol–water partition coefficient (Wildman–Crippen LogP) is 2.42. The molecule has 2 N–H and O–H groups in total. The van der Waals surface area contributed by atoms with Crippen LogP contribution >= 0.6 is 24.0 Å². The summed E-state index contributed by atoms with van der Waals surface area (Å²) in [6.07, 6.45) is 0.702. The van der Waals surface area contributed by atoms with Crippen molar-refractivity contribution < 1.29 is 21.6 Å². The van der Waals surface area contributed by atoms with Gasteiger partial charge in [0.25, 0.3) is 0 Å². The average Bonchev–Trinajstić information content (AvgIpc) is 3.03. The lowest BCUT2D eigenvalue weighted by molar-refractivity contribution is -0.0496. The second-order valence-electron chi connectivity index (χ2n) is 7.18. The molecule has 174 valence electrons. The number of benzene rings is 1. The van der Waals surface area contributed by atoms with Gasteiger partial charge in [-0.25, -0.2) is 13.4 Å². The molecule has 3 rings (SSSR count). The third-order valence-corrected chi connectivity index (χ3v) is 6.91. The van der Waals surface area contributed by atoms with E-state index in [9.17, 15) is 21.6 Å². The summed E-state index contributed by atoms with van der Waals surface area (Å²) in [5.41, 5.74) is -3.32. The topological polar surface area (TPSA) is 91.6 Å². The fourth-order valence-electron chi connectivity index (χ4n) is 3.48. The second-order valence-corrected chi connectivity index (χ2v) is 9.11. The van der Waals surface area contributed by atoms with Crippen LogP contribution in [0.4, 0.5) is 13.2 Å². The lowest BCUT2D eigenvalue weighted by Gasteiger charge is -2.31. The highest BCUT2D eigenvalue weighted by Gasteiger charge is 2.50. The summed E-state index contributed by atoms with van der Waals surface area (Å²) in [4.78, 5) is 8.74. The van der Waals surface area contributed by atoms with Gasteiger partial charge in [0.1, 0.15) is 5.82 Å². The van der Waals surface area contributed by atoms with E-state index in [0.717, 1.165) is 16.9 Å². The average molecular weight is 574 g/mol. The molecule has 0 amide bonds. The molecular weight excluding hydrogens is 548 g/mol. The normalized spacial score (nSPS) is 16.9. The summed E-state index contributed by atoms with van der Waals surface area (Å²) in [5, 5.41) is 6.34. The molecule has 31 heavy (non-hydrogen) atoms. The monoisotopic (exact) mass is 574 g/mol. The molecule has 1 aromatic carbocycles. The van der Waals surface area contributed by atoms with Crippen LogP contribution in [-0.2, 0) is 23.6 Å². The van der Waals surface area contributed by atoms with Gasteiger partial charge in [-0.05, 0) is 30.9 Å². The van der Waals surface area contributed by atoms with Gasteiger partial charge < -0.3 is 15.2 Å². The Morgan fingerprint density at radius 2 is 1.87 bits per heavy atom. The fraction of sp³-hybridized carbons (Fsp3) is 0.556. The van der Waals surface area contributed by atoms with Crippen molar-refractivity contribution in [3.05, 3.63) is 30.1 Å². The van der Waals surface area contributed by atoms with Gasteiger partial charge in [-0.1, -0.05) is 12.1 Å². The molecule has 0 radical (unpaired) electrons. The number of alkyl halides is 3. The molecule has 0 unspecified atom stereocenters. The fourth-order valence-corrected chi connectivity index (χ4v) is 4.46. The minimum absolute atomic E-state index is 0. The second kappa shape index (κ2) is 10.3. The van der Waals surface area contributed by atoms with Gasteiger partial charge in [0, 0.05) is 33.7 Å². The number of sulfonamides is 1. The quantitative estimate of drug-likeness (QED) is 0.326. The van der Waals surface area contributed by atoms with Crippen LogP contribution in [0.15, 0.2) is 29.3 Å². The molecule has 13 heteroatoms.